The molecule has 0 aliphatic heterocycles. The second kappa shape index (κ2) is 6.10. The van der Waals surface area contributed by atoms with Crippen LogP contribution >= 0.6 is 11.6 Å². The summed E-state index contributed by atoms with van der Waals surface area (Å²) < 4.78 is 36.7. The Bertz CT molecular complexity index is 614. The Morgan fingerprint density at radius 3 is 2.70 bits per heavy atom. The minimum Gasteiger partial charge on any atom is -0.355 e. The normalized spacial score (nSPS) is 15.1. The Hall–Kier alpha value is -1.14. The van der Waals surface area contributed by atoms with Crippen molar-refractivity contribution in [2.45, 2.75) is 18.6 Å². The molecule has 1 aliphatic rings. The van der Waals surface area contributed by atoms with Gasteiger partial charge in [0.2, 0.25) is 5.91 Å². The molecule has 110 valence electrons. The molecule has 0 bridgehead atoms. The number of halogens is 2. The minimum absolute atomic E-state index is 0.0481. The van der Waals surface area contributed by atoms with Gasteiger partial charge < -0.3 is 5.32 Å². The van der Waals surface area contributed by atoms with Gasteiger partial charge in [-0.15, -0.1) is 0 Å². The molecule has 1 aliphatic carbocycles. The molecule has 0 heterocycles. The molecule has 0 spiro atoms. The van der Waals surface area contributed by atoms with E-state index in [1.165, 1.54) is 6.07 Å². The van der Waals surface area contributed by atoms with Gasteiger partial charge in [-0.25, -0.2) is 12.8 Å². The summed E-state index contributed by atoms with van der Waals surface area (Å²) in [5.74, 6) is -1.49. The zero-order chi connectivity index (χ0) is 14.8. The van der Waals surface area contributed by atoms with Crippen LogP contribution in [0.2, 0.25) is 5.02 Å². The third-order valence-corrected chi connectivity index (χ3v) is 4.83. The van der Waals surface area contributed by atoms with Crippen LogP contribution in [-0.2, 0) is 20.4 Å². The van der Waals surface area contributed by atoms with Crippen molar-refractivity contribution in [1.29, 1.82) is 0 Å². The average Bonchev–Trinajstić information content (AvgIpc) is 3.13. The Kier molecular flexibility index (Phi) is 4.65. The van der Waals surface area contributed by atoms with Gasteiger partial charge >= 0.3 is 0 Å². The first-order chi connectivity index (χ1) is 9.35. The summed E-state index contributed by atoms with van der Waals surface area (Å²) in [7, 11) is -3.62. The van der Waals surface area contributed by atoms with E-state index >= 15 is 0 Å². The second-order valence-corrected chi connectivity index (χ2v) is 7.49. The van der Waals surface area contributed by atoms with Crippen molar-refractivity contribution in [1.82, 2.24) is 5.32 Å². The first kappa shape index (κ1) is 15.3. The van der Waals surface area contributed by atoms with Crippen LogP contribution in [0.3, 0.4) is 0 Å². The maximum atomic E-state index is 12.9. The molecule has 20 heavy (non-hydrogen) atoms. The first-order valence-corrected chi connectivity index (χ1v) is 8.47. The molecule has 0 unspecified atom stereocenters. The van der Waals surface area contributed by atoms with Crippen molar-refractivity contribution in [3.63, 3.8) is 0 Å². The fourth-order valence-electron chi connectivity index (χ4n) is 1.76. The van der Waals surface area contributed by atoms with E-state index in [1.807, 2.05) is 0 Å². The smallest absolute Gasteiger partial charge is 0.235 e. The third kappa shape index (κ3) is 4.76. The monoisotopic (exact) mass is 319 g/mol. The number of amides is 1. The van der Waals surface area contributed by atoms with Gasteiger partial charge in [-0.2, -0.15) is 0 Å². The van der Waals surface area contributed by atoms with Gasteiger partial charge in [0.15, 0.2) is 9.84 Å². The van der Waals surface area contributed by atoms with Crippen molar-refractivity contribution in [3.8, 4) is 0 Å². The van der Waals surface area contributed by atoms with E-state index in [9.17, 15) is 17.6 Å². The van der Waals surface area contributed by atoms with Crippen molar-refractivity contribution in [2.75, 3.05) is 12.3 Å². The SMILES string of the molecule is O=C(CS(=O)(=O)Cc1ccc(F)cc1Cl)NCC1CC1. The molecular formula is C13H15ClFNO3S. The number of rotatable bonds is 6. The summed E-state index contributed by atoms with van der Waals surface area (Å²) in [6.45, 7) is 0.533. The fraction of sp³-hybridized carbons (Fsp3) is 0.462. The van der Waals surface area contributed by atoms with Crippen molar-refractivity contribution < 1.29 is 17.6 Å². The van der Waals surface area contributed by atoms with E-state index in [4.69, 9.17) is 11.6 Å². The summed E-state index contributed by atoms with van der Waals surface area (Å²) in [5.41, 5.74) is 0.294. The highest BCUT2D eigenvalue weighted by atomic mass is 35.5. The highest BCUT2D eigenvalue weighted by Crippen LogP contribution is 2.27. The van der Waals surface area contributed by atoms with Crippen LogP contribution in [0, 0.1) is 11.7 Å². The molecule has 0 radical (unpaired) electrons. The molecule has 1 saturated carbocycles. The van der Waals surface area contributed by atoms with Gasteiger partial charge in [0, 0.05) is 11.6 Å². The van der Waals surface area contributed by atoms with Gasteiger partial charge in [0.05, 0.1) is 5.75 Å². The van der Waals surface area contributed by atoms with Gasteiger partial charge in [0.25, 0.3) is 0 Å². The molecule has 1 N–H and O–H groups in total. The van der Waals surface area contributed by atoms with Gasteiger partial charge in [0.1, 0.15) is 11.6 Å². The van der Waals surface area contributed by atoms with Crippen molar-refractivity contribution in [3.05, 3.63) is 34.6 Å². The van der Waals surface area contributed by atoms with E-state index in [-0.39, 0.29) is 10.8 Å². The Morgan fingerprint density at radius 1 is 1.40 bits per heavy atom. The van der Waals surface area contributed by atoms with Crippen LogP contribution in [0.4, 0.5) is 4.39 Å². The predicted octanol–water partition coefficient (Wildman–Crippen LogP) is 1.92. The zero-order valence-electron chi connectivity index (χ0n) is 10.7. The molecule has 7 heteroatoms. The number of nitrogens with one attached hydrogen (secondary N) is 1. The molecular weight excluding hydrogens is 305 g/mol. The lowest BCUT2D eigenvalue weighted by molar-refractivity contribution is -0.118. The summed E-state index contributed by atoms with van der Waals surface area (Å²) in [6.07, 6.45) is 2.16. The molecule has 0 aromatic heterocycles. The lowest BCUT2D eigenvalue weighted by atomic mass is 10.2. The lowest BCUT2D eigenvalue weighted by Gasteiger charge is -2.07. The predicted molar refractivity (Wildman–Crippen MR) is 74.6 cm³/mol. The van der Waals surface area contributed by atoms with Gasteiger partial charge in [-0.05, 0) is 36.5 Å². The van der Waals surface area contributed by atoms with Crippen LogP contribution < -0.4 is 5.32 Å². The number of benzene rings is 1. The summed E-state index contributed by atoms with van der Waals surface area (Å²) in [5, 5.41) is 2.65. The van der Waals surface area contributed by atoms with Crippen LogP contribution in [0.5, 0.6) is 0 Å². The van der Waals surface area contributed by atoms with Crippen LogP contribution in [0.25, 0.3) is 0 Å². The maximum absolute atomic E-state index is 12.9. The fourth-order valence-corrected chi connectivity index (χ4v) is 3.40. The number of hydrogen-bond acceptors (Lipinski definition) is 3. The minimum atomic E-state index is -3.62. The molecule has 0 saturated heterocycles. The summed E-state index contributed by atoms with van der Waals surface area (Å²) >= 11 is 5.78. The standard InChI is InChI=1S/C13H15ClFNO3S/c14-12-5-11(15)4-3-10(12)7-20(18,19)8-13(17)16-6-9-1-2-9/h3-5,9H,1-2,6-8H2,(H,16,17). The van der Waals surface area contributed by atoms with E-state index in [1.54, 1.807) is 0 Å². The molecule has 0 atom stereocenters. The van der Waals surface area contributed by atoms with Crippen LogP contribution in [0.15, 0.2) is 18.2 Å². The first-order valence-electron chi connectivity index (χ1n) is 6.27. The summed E-state index contributed by atoms with van der Waals surface area (Å²) in [6, 6.07) is 3.51. The largest absolute Gasteiger partial charge is 0.355 e. The number of carbonyl (C=O) groups excluding carboxylic acids is 1. The quantitative estimate of drug-likeness (QED) is 0.871. The molecule has 1 fully saturated rings. The van der Waals surface area contributed by atoms with E-state index in [2.05, 4.69) is 5.32 Å². The van der Waals surface area contributed by atoms with E-state index in [0.29, 0.717) is 18.0 Å². The summed E-state index contributed by atoms with van der Waals surface area (Å²) in [4.78, 5) is 11.5. The molecule has 1 aromatic carbocycles. The molecule has 1 aromatic rings. The second-order valence-electron chi connectivity index (χ2n) is 5.02. The van der Waals surface area contributed by atoms with Gasteiger partial charge in [-0.1, -0.05) is 17.7 Å². The lowest BCUT2D eigenvalue weighted by Crippen LogP contribution is -2.32. The van der Waals surface area contributed by atoms with Gasteiger partial charge in [-0.3, -0.25) is 4.79 Å². The number of carbonyl (C=O) groups is 1. The average molecular weight is 320 g/mol. The Labute approximate surface area is 122 Å². The van der Waals surface area contributed by atoms with Crippen LogP contribution in [0.1, 0.15) is 18.4 Å². The Morgan fingerprint density at radius 2 is 2.10 bits per heavy atom. The molecule has 4 nitrogen and oxygen atoms in total. The van der Waals surface area contributed by atoms with Crippen molar-refractivity contribution in [2.24, 2.45) is 5.92 Å². The Balaban J connectivity index is 1.93. The number of hydrogen-bond donors (Lipinski definition) is 1. The highest BCUT2D eigenvalue weighted by Gasteiger charge is 2.23. The zero-order valence-corrected chi connectivity index (χ0v) is 12.3. The highest BCUT2D eigenvalue weighted by molar-refractivity contribution is 7.91. The number of sulfone groups is 1. The van der Waals surface area contributed by atoms with E-state index in [0.717, 1.165) is 25.0 Å². The molecule has 2 rings (SSSR count). The van der Waals surface area contributed by atoms with Crippen molar-refractivity contribution >= 4 is 27.3 Å². The molecule has 1 amide bonds. The van der Waals surface area contributed by atoms with Crippen LogP contribution in [-0.4, -0.2) is 26.6 Å². The third-order valence-electron chi connectivity index (χ3n) is 3.03. The topological polar surface area (TPSA) is 63.2 Å². The van der Waals surface area contributed by atoms with E-state index < -0.39 is 27.3 Å². The maximum Gasteiger partial charge on any atom is 0.235 e.